The van der Waals surface area contributed by atoms with Crippen molar-refractivity contribution in [1.82, 2.24) is 0 Å². The van der Waals surface area contributed by atoms with Gasteiger partial charge in [0, 0.05) is 27.0 Å². The van der Waals surface area contributed by atoms with Crippen LogP contribution in [-0.4, -0.2) is 38.9 Å². The molecule has 0 saturated heterocycles. The van der Waals surface area contributed by atoms with E-state index in [9.17, 15) is 15.3 Å². The van der Waals surface area contributed by atoms with E-state index in [-0.39, 0.29) is 5.84 Å². The van der Waals surface area contributed by atoms with Gasteiger partial charge in [-0.15, -0.1) is 0 Å². The Morgan fingerprint density at radius 3 is 2.40 bits per heavy atom. The number of nitriles is 2. The van der Waals surface area contributed by atoms with Gasteiger partial charge in [0.2, 0.25) is 5.91 Å². The van der Waals surface area contributed by atoms with Crippen LogP contribution in [0.5, 0.6) is 0 Å². The van der Waals surface area contributed by atoms with Gasteiger partial charge >= 0.3 is 0 Å². The van der Waals surface area contributed by atoms with E-state index in [1.165, 1.54) is 19.1 Å². The summed E-state index contributed by atoms with van der Waals surface area (Å²) >= 11 is 0. The average Bonchev–Trinajstić information content (AvgIpc) is 3.05. The highest BCUT2D eigenvalue weighted by Gasteiger charge is 3.05. The minimum Gasteiger partial charge on any atom is -0.386 e. The lowest BCUT2D eigenvalue weighted by Gasteiger charge is -2.31. The maximum atomic E-state index is 13.4. The van der Waals surface area contributed by atoms with Crippen molar-refractivity contribution in [1.29, 1.82) is 10.5 Å². The van der Waals surface area contributed by atoms with Gasteiger partial charge in [0.15, 0.2) is 10.8 Å². The number of anilines is 1. The molecule has 0 aromatic heterocycles. The lowest BCUT2D eigenvalue weighted by molar-refractivity contribution is -0.233. The summed E-state index contributed by atoms with van der Waals surface area (Å²) in [6.45, 7) is 0. The van der Waals surface area contributed by atoms with Crippen LogP contribution in [0.15, 0.2) is 29.3 Å². The summed E-state index contributed by atoms with van der Waals surface area (Å²) in [5.74, 6) is -2.36. The van der Waals surface area contributed by atoms with E-state index in [4.69, 9.17) is 15.2 Å². The van der Waals surface area contributed by atoms with E-state index in [1.807, 2.05) is 0 Å². The SMILES string of the molecule is COC1(OC)N=C(N)[C@]2(C#N)[C@]3(C(=O)N(C)c4ccccc43)[C@]12C#N. The highest BCUT2D eigenvalue weighted by atomic mass is 16.7. The quantitative estimate of drug-likeness (QED) is 0.771. The Morgan fingerprint density at radius 2 is 1.84 bits per heavy atom. The number of aliphatic imine (C=N–C) groups is 1. The van der Waals surface area contributed by atoms with E-state index in [0.29, 0.717) is 11.3 Å². The molecule has 4 rings (SSSR count). The lowest BCUT2D eigenvalue weighted by atomic mass is 9.84. The summed E-state index contributed by atoms with van der Waals surface area (Å²) in [5, 5.41) is 20.2. The van der Waals surface area contributed by atoms with Crippen molar-refractivity contribution in [2.24, 2.45) is 21.6 Å². The van der Waals surface area contributed by atoms with Gasteiger partial charge in [0.05, 0.1) is 12.1 Å². The molecule has 1 aromatic rings. The average molecular weight is 337 g/mol. The molecule has 0 radical (unpaired) electrons. The summed E-state index contributed by atoms with van der Waals surface area (Å²) in [6.07, 6.45) is 0. The number of ether oxygens (including phenoxy) is 2. The van der Waals surface area contributed by atoms with Crippen molar-refractivity contribution in [3.8, 4) is 12.1 Å². The first-order valence-corrected chi connectivity index (χ1v) is 7.58. The second kappa shape index (κ2) is 4.17. The number of fused-ring (bicyclic) bond motifs is 5. The van der Waals surface area contributed by atoms with Crippen LogP contribution in [0, 0.1) is 33.5 Å². The molecule has 2 heterocycles. The molecule has 126 valence electrons. The Kier molecular flexibility index (Phi) is 2.60. The van der Waals surface area contributed by atoms with Crippen LogP contribution in [0.2, 0.25) is 0 Å². The van der Waals surface area contributed by atoms with Crippen LogP contribution in [0.25, 0.3) is 0 Å². The molecule has 2 N–H and O–H groups in total. The fourth-order valence-electron chi connectivity index (χ4n) is 4.98. The Hall–Kier alpha value is -2.94. The minimum absolute atomic E-state index is 0.126. The lowest BCUT2D eigenvalue weighted by Crippen LogP contribution is -2.48. The molecular weight excluding hydrogens is 322 g/mol. The first-order chi connectivity index (χ1) is 11.9. The number of methoxy groups -OCH3 is 2. The molecule has 8 heteroatoms. The zero-order valence-corrected chi connectivity index (χ0v) is 13.9. The predicted octanol–water partition coefficient (Wildman–Crippen LogP) is 0.252. The van der Waals surface area contributed by atoms with Crippen LogP contribution >= 0.6 is 0 Å². The molecule has 1 fully saturated rings. The molecule has 2 aliphatic heterocycles. The first kappa shape index (κ1) is 15.6. The van der Waals surface area contributed by atoms with Crippen molar-refractivity contribution in [3.05, 3.63) is 29.8 Å². The molecule has 1 spiro atoms. The molecule has 1 amide bonds. The third-order valence-electron chi connectivity index (χ3n) is 5.93. The Balaban J connectivity index is 2.17. The highest BCUT2D eigenvalue weighted by Crippen LogP contribution is 2.87. The summed E-state index contributed by atoms with van der Waals surface area (Å²) < 4.78 is 10.9. The van der Waals surface area contributed by atoms with Crippen LogP contribution in [0.3, 0.4) is 0 Å². The summed E-state index contributed by atoms with van der Waals surface area (Å²) in [7, 11) is 4.23. The van der Waals surface area contributed by atoms with E-state index in [1.54, 1.807) is 31.3 Å². The number of rotatable bonds is 2. The summed E-state index contributed by atoms with van der Waals surface area (Å²) in [5.41, 5.74) is 2.41. The van der Waals surface area contributed by atoms with Gasteiger partial charge < -0.3 is 20.1 Å². The van der Waals surface area contributed by atoms with Crippen molar-refractivity contribution >= 4 is 17.4 Å². The summed E-state index contributed by atoms with van der Waals surface area (Å²) in [4.78, 5) is 19.0. The Morgan fingerprint density at radius 1 is 1.20 bits per heavy atom. The Bertz CT molecular complexity index is 940. The van der Waals surface area contributed by atoms with Crippen molar-refractivity contribution < 1.29 is 14.3 Å². The second-order valence-electron chi connectivity index (χ2n) is 6.34. The number of amidine groups is 1. The van der Waals surface area contributed by atoms with Crippen molar-refractivity contribution in [3.63, 3.8) is 0 Å². The molecule has 3 aliphatic rings. The van der Waals surface area contributed by atoms with E-state index in [2.05, 4.69) is 17.1 Å². The number of likely N-dealkylation sites (N-methyl/N-ethyl adjacent to an activating group) is 1. The zero-order chi connectivity index (χ0) is 18.3. The van der Waals surface area contributed by atoms with Crippen molar-refractivity contribution in [2.75, 3.05) is 26.2 Å². The fraction of sp³-hybridized carbons (Fsp3) is 0.412. The fourth-order valence-corrected chi connectivity index (χ4v) is 4.98. The van der Waals surface area contributed by atoms with Crippen molar-refractivity contribution in [2.45, 2.75) is 11.3 Å². The molecule has 25 heavy (non-hydrogen) atoms. The number of hydrogen-bond acceptors (Lipinski definition) is 7. The van der Waals surface area contributed by atoms with E-state index in [0.717, 1.165) is 0 Å². The van der Waals surface area contributed by atoms with Gasteiger partial charge in [-0.05, 0) is 11.6 Å². The second-order valence-corrected chi connectivity index (χ2v) is 6.34. The molecule has 3 atom stereocenters. The number of benzene rings is 1. The summed E-state index contributed by atoms with van der Waals surface area (Å²) in [6, 6.07) is 11.3. The van der Waals surface area contributed by atoms with Gasteiger partial charge in [0.1, 0.15) is 11.3 Å². The maximum Gasteiger partial charge on any atom is 0.293 e. The number of hydrogen-bond donors (Lipinski definition) is 1. The first-order valence-electron chi connectivity index (χ1n) is 7.58. The number of carbonyl (C=O) groups is 1. The smallest absolute Gasteiger partial charge is 0.293 e. The molecule has 1 saturated carbocycles. The normalized spacial score (nSPS) is 36.4. The van der Waals surface area contributed by atoms with E-state index < -0.39 is 28.1 Å². The maximum absolute atomic E-state index is 13.4. The third kappa shape index (κ3) is 1.06. The molecular formula is C17H15N5O3. The standard InChI is InChI=1S/C17H15N5O3/c1-22-11-7-5-4-6-10(11)16(13(22)23)14(8-18)12(20)21-17(24-2,25-3)15(14,16)9-19/h4-7H,1-3H3,(H2,20,21)/t14-,15+,16-/m0/s1. The highest BCUT2D eigenvalue weighted by molar-refractivity contribution is 6.21. The number of para-hydroxylation sites is 1. The Labute approximate surface area is 144 Å². The molecule has 8 nitrogen and oxygen atoms in total. The van der Waals surface area contributed by atoms with Gasteiger partial charge in [-0.25, -0.2) is 4.99 Å². The van der Waals surface area contributed by atoms with Crippen LogP contribution in [0.1, 0.15) is 5.56 Å². The van der Waals surface area contributed by atoms with Crippen LogP contribution in [0.4, 0.5) is 5.69 Å². The number of carbonyl (C=O) groups excluding carboxylic acids is 1. The van der Waals surface area contributed by atoms with Gasteiger partial charge in [-0.2, -0.15) is 10.5 Å². The third-order valence-corrected chi connectivity index (χ3v) is 5.93. The predicted molar refractivity (Wildman–Crippen MR) is 86.0 cm³/mol. The van der Waals surface area contributed by atoms with Gasteiger partial charge in [-0.1, -0.05) is 18.2 Å². The largest absolute Gasteiger partial charge is 0.386 e. The minimum atomic E-state index is -1.84. The molecule has 1 aromatic carbocycles. The number of nitrogens with two attached hydrogens (primary N) is 1. The topological polar surface area (TPSA) is 125 Å². The van der Waals surface area contributed by atoms with Crippen LogP contribution < -0.4 is 10.6 Å². The molecule has 0 unspecified atom stereocenters. The van der Waals surface area contributed by atoms with Crippen LogP contribution in [-0.2, 0) is 19.7 Å². The number of amides is 1. The zero-order valence-electron chi connectivity index (χ0n) is 13.9. The van der Waals surface area contributed by atoms with E-state index >= 15 is 0 Å². The van der Waals surface area contributed by atoms with Gasteiger partial charge in [-0.3, -0.25) is 4.79 Å². The molecule has 1 aliphatic carbocycles. The number of nitrogens with zero attached hydrogens (tertiary/aromatic N) is 4. The monoisotopic (exact) mass is 337 g/mol. The molecule has 0 bridgehead atoms. The van der Waals surface area contributed by atoms with Gasteiger partial charge in [0.25, 0.3) is 5.91 Å².